The maximum Gasteiger partial charge on any atom is 0.138 e. The highest BCUT2D eigenvalue weighted by Gasteiger charge is 2.01. The Morgan fingerprint density at radius 1 is 1.73 bits per heavy atom. The number of rotatable bonds is 2. The topological polar surface area (TPSA) is 41.6 Å². The molecule has 0 aliphatic heterocycles. The predicted octanol–water partition coefficient (Wildman–Crippen LogP) is 1.24. The van der Waals surface area contributed by atoms with Gasteiger partial charge in [0.1, 0.15) is 11.8 Å². The van der Waals surface area contributed by atoms with Gasteiger partial charge in [-0.1, -0.05) is 13.3 Å². The number of nitrogens with zero attached hydrogens (tertiary/aromatic N) is 3. The van der Waals surface area contributed by atoms with E-state index in [-0.39, 0.29) is 0 Å². The number of aromatic nitrogens is 2. The van der Waals surface area contributed by atoms with Crippen LogP contribution in [-0.2, 0) is 13.5 Å². The summed E-state index contributed by atoms with van der Waals surface area (Å²) in [4.78, 5) is 0. The molecule has 1 aromatic rings. The third-order valence-corrected chi connectivity index (χ3v) is 1.55. The molecule has 0 saturated heterocycles. The van der Waals surface area contributed by atoms with Crippen molar-refractivity contribution in [2.75, 3.05) is 0 Å². The Morgan fingerprint density at radius 3 is 2.91 bits per heavy atom. The van der Waals surface area contributed by atoms with Crippen LogP contribution in [0.1, 0.15) is 24.7 Å². The van der Waals surface area contributed by atoms with Crippen molar-refractivity contribution < 1.29 is 0 Å². The maximum absolute atomic E-state index is 8.59. The van der Waals surface area contributed by atoms with E-state index in [4.69, 9.17) is 5.26 Å². The second-order valence-corrected chi connectivity index (χ2v) is 2.51. The zero-order valence-electron chi connectivity index (χ0n) is 6.83. The van der Waals surface area contributed by atoms with Crippen molar-refractivity contribution in [2.24, 2.45) is 7.05 Å². The van der Waals surface area contributed by atoms with Crippen molar-refractivity contribution in [1.82, 2.24) is 9.78 Å². The Hall–Kier alpha value is -1.30. The first-order chi connectivity index (χ1) is 5.27. The Balaban J connectivity index is 2.89. The van der Waals surface area contributed by atoms with Crippen molar-refractivity contribution in [2.45, 2.75) is 19.8 Å². The van der Waals surface area contributed by atoms with Crippen LogP contribution in [0.4, 0.5) is 0 Å². The Morgan fingerprint density at radius 2 is 2.45 bits per heavy atom. The van der Waals surface area contributed by atoms with Crippen molar-refractivity contribution in [3.8, 4) is 6.07 Å². The van der Waals surface area contributed by atoms with Gasteiger partial charge in [-0.2, -0.15) is 10.4 Å². The molecule has 1 aromatic heterocycles. The summed E-state index contributed by atoms with van der Waals surface area (Å²) >= 11 is 0. The summed E-state index contributed by atoms with van der Waals surface area (Å²) in [6, 6.07) is 3.91. The Kier molecular flexibility index (Phi) is 2.27. The fraction of sp³-hybridized carbons (Fsp3) is 0.500. The molecule has 1 heterocycles. The van der Waals surface area contributed by atoms with E-state index in [0.29, 0.717) is 5.69 Å². The van der Waals surface area contributed by atoms with Crippen LogP contribution < -0.4 is 0 Å². The number of hydrogen-bond acceptors (Lipinski definition) is 2. The summed E-state index contributed by atoms with van der Waals surface area (Å²) in [5, 5.41) is 12.8. The van der Waals surface area contributed by atoms with Gasteiger partial charge in [0.2, 0.25) is 0 Å². The average molecular weight is 149 g/mol. The second-order valence-electron chi connectivity index (χ2n) is 2.51. The first-order valence-electron chi connectivity index (χ1n) is 3.71. The van der Waals surface area contributed by atoms with Gasteiger partial charge in [-0.15, -0.1) is 0 Å². The quantitative estimate of drug-likeness (QED) is 0.635. The minimum atomic E-state index is 0.633. The van der Waals surface area contributed by atoms with E-state index in [1.807, 2.05) is 6.07 Å². The highest BCUT2D eigenvalue weighted by molar-refractivity contribution is 5.22. The molecule has 0 radical (unpaired) electrons. The van der Waals surface area contributed by atoms with Crippen LogP contribution in [0.3, 0.4) is 0 Å². The van der Waals surface area contributed by atoms with E-state index < -0.39 is 0 Å². The Labute approximate surface area is 66.3 Å². The van der Waals surface area contributed by atoms with Gasteiger partial charge < -0.3 is 0 Å². The number of hydrogen-bond donors (Lipinski definition) is 0. The minimum Gasteiger partial charge on any atom is -0.258 e. The molecular formula is C8H11N3. The summed E-state index contributed by atoms with van der Waals surface area (Å²) in [6.45, 7) is 2.10. The molecule has 0 aliphatic rings. The van der Waals surface area contributed by atoms with Crippen LogP contribution in [0.15, 0.2) is 6.07 Å². The lowest BCUT2D eigenvalue weighted by atomic mass is 10.2. The molecule has 58 valence electrons. The molecular weight excluding hydrogens is 138 g/mol. The van der Waals surface area contributed by atoms with E-state index in [2.05, 4.69) is 18.1 Å². The minimum absolute atomic E-state index is 0.633. The van der Waals surface area contributed by atoms with E-state index in [1.165, 1.54) is 0 Å². The van der Waals surface area contributed by atoms with Gasteiger partial charge in [0, 0.05) is 7.05 Å². The summed E-state index contributed by atoms with van der Waals surface area (Å²) in [7, 11) is 1.79. The van der Waals surface area contributed by atoms with Crippen LogP contribution in [0.5, 0.6) is 0 Å². The third kappa shape index (κ3) is 1.58. The zero-order valence-corrected chi connectivity index (χ0v) is 6.83. The van der Waals surface area contributed by atoms with Gasteiger partial charge in [-0.3, -0.25) is 4.68 Å². The van der Waals surface area contributed by atoms with Gasteiger partial charge in [0.15, 0.2) is 0 Å². The molecule has 0 unspecified atom stereocenters. The third-order valence-electron chi connectivity index (χ3n) is 1.55. The van der Waals surface area contributed by atoms with Crippen LogP contribution in [0, 0.1) is 11.3 Å². The predicted molar refractivity (Wildman–Crippen MR) is 41.9 cm³/mol. The van der Waals surface area contributed by atoms with Crippen molar-refractivity contribution in [3.63, 3.8) is 0 Å². The van der Waals surface area contributed by atoms with E-state index in [1.54, 1.807) is 11.7 Å². The number of aryl methyl sites for hydroxylation is 2. The lowest BCUT2D eigenvalue weighted by molar-refractivity contribution is 0.725. The molecule has 3 heteroatoms. The van der Waals surface area contributed by atoms with Crippen LogP contribution >= 0.6 is 0 Å². The smallest absolute Gasteiger partial charge is 0.138 e. The van der Waals surface area contributed by atoms with Gasteiger partial charge in [0.25, 0.3) is 0 Å². The molecule has 11 heavy (non-hydrogen) atoms. The summed E-state index contributed by atoms with van der Waals surface area (Å²) in [5.74, 6) is 0. The molecule has 0 atom stereocenters. The SMILES string of the molecule is CCCc1cc(C#N)n(C)n1. The number of nitriles is 1. The van der Waals surface area contributed by atoms with Crippen molar-refractivity contribution >= 4 is 0 Å². The van der Waals surface area contributed by atoms with Crippen LogP contribution in [-0.4, -0.2) is 9.78 Å². The molecule has 0 aliphatic carbocycles. The molecule has 0 aromatic carbocycles. The fourth-order valence-corrected chi connectivity index (χ4v) is 1.01. The monoisotopic (exact) mass is 149 g/mol. The summed E-state index contributed by atoms with van der Waals surface area (Å²) in [5.41, 5.74) is 1.64. The molecule has 1 rings (SSSR count). The van der Waals surface area contributed by atoms with Crippen LogP contribution in [0.2, 0.25) is 0 Å². The molecule has 0 amide bonds. The van der Waals surface area contributed by atoms with Gasteiger partial charge >= 0.3 is 0 Å². The van der Waals surface area contributed by atoms with E-state index >= 15 is 0 Å². The summed E-state index contributed by atoms with van der Waals surface area (Å²) < 4.78 is 1.62. The van der Waals surface area contributed by atoms with Crippen molar-refractivity contribution in [1.29, 1.82) is 5.26 Å². The summed E-state index contributed by atoms with van der Waals surface area (Å²) in [6.07, 6.45) is 2.03. The normalized spacial score (nSPS) is 9.55. The molecule has 3 nitrogen and oxygen atoms in total. The maximum atomic E-state index is 8.59. The largest absolute Gasteiger partial charge is 0.258 e. The van der Waals surface area contributed by atoms with Crippen LogP contribution in [0.25, 0.3) is 0 Å². The zero-order chi connectivity index (χ0) is 8.27. The average Bonchev–Trinajstić information content (AvgIpc) is 2.32. The Bertz CT molecular complexity index is 280. The first kappa shape index (κ1) is 7.80. The van der Waals surface area contributed by atoms with Gasteiger partial charge in [-0.05, 0) is 12.5 Å². The molecule has 0 spiro atoms. The highest BCUT2D eigenvalue weighted by Crippen LogP contribution is 2.03. The van der Waals surface area contributed by atoms with E-state index in [9.17, 15) is 0 Å². The van der Waals surface area contributed by atoms with Gasteiger partial charge in [0.05, 0.1) is 5.69 Å². The molecule has 0 N–H and O–H groups in total. The molecule has 0 saturated carbocycles. The molecule has 0 bridgehead atoms. The lowest BCUT2D eigenvalue weighted by Gasteiger charge is -1.88. The fourth-order valence-electron chi connectivity index (χ4n) is 1.01. The lowest BCUT2D eigenvalue weighted by Crippen LogP contribution is -1.94. The van der Waals surface area contributed by atoms with Gasteiger partial charge in [-0.25, -0.2) is 0 Å². The highest BCUT2D eigenvalue weighted by atomic mass is 15.3. The van der Waals surface area contributed by atoms with E-state index in [0.717, 1.165) is 18.5 Å². The standard InChI is InChI=1S/C8H11N3/c1-3-4-7-5-8(6-9)11(2)10-7/h5H,3-4H2,1-2H3. The first-order valence-corrected chi connectivity index (χ1v) is 3.71. The second kappa shape index (κ2) is 3.20. The van der Waals surface area contributed by atoms with Crippen molar-refractivity contribution in [3.05, 3.63) is 17.5 Å². The molecule has 0 fully saturated rings.